The Morgan fingerprint density at radius 3 is 2.16 bits per heavy atom. The van der Waals surface area contributed by atoms with Gasteiger partial charge in [0, 0.05) is 0 Å². The van der Waals surface area contributed by atoms with Gasteiger partial charge in [-0.05, 0) is 61.0 Å². The molecule has 1 heteroatoms. The Morgan fingerprint density at radius 1 is 1.05 bits per heavy atom. The molecule has 1 aromatic carbocycles. The highest BCUT2D eigenvalue weighted by molar-refractivity contribution is 5.32. The topological polar surface area (TPSA) is 20.2 Å². The maximum absolute atomic E-state index is 9.92. The fourth-order valence-corrected chi connectivity index (χ4v) is 3.53. The van der Waals surface area contributed by atoms with Crippen LogP contribution in [-0.4, -0.2) is 5.11 Å². The van der Waals surface area contributed by atoms with E-state index in [0.29, 0.717) is 11.3 Å². The van der Waals surface area contributed by atoms with Gasteiger partial charge in [-0.1, -0.05) is 45.0 Å². The van der Waals surface area contributed by atoms with Crippen LogP contribution in [0.15, 0.2) is 24.3 Å². The number of aliphatic hydroxyl groups is 1. The molecule has 1 saturated carbocycles. The maximum atomic E-state index is 9.92. The molecule has 2 rings (SSSR count). The molecular formula is C18H28O. The minimum atomic E-state index is -0.350. The summed E-state index contributed by atoms with van der Waals surface area (Å²) < 4.78 is 0. The molecular weight excluding hydrogens is 232 g/mol. The van der Waals surface area contributed by atoms with Gasteiger partial charge < -0.3 is 5.11 Å². The van der Waals surface area contributed by atoms with Gasteiger partial charge in [0.05, 0.1) is 6.10 Å². The first-order valence-electron chi connectivity index (χ1n) is 7.66. The summed E-state index contributed by atoms with van der Waals surface area (Å²) in [6, 6.07) is 8.43. The van der Waals surface area contributed by atoms with Crippen LogP contribution in [0, 0.1) is 11.3 Å². The lowest BCUT2D eigenvalue weighted by Gasteiger charge is -2.37. The molecule has 0 aliphatic heterocycles. The largest absolute Gasteiger partial charge is 0.389 e. The molecule has 1 fully saturated rings. The molecule has 1 aromatic rings. The second-order valence-electron chi connectivity index (χ2n) is 7.22. The summed E-state index contributed by atoms with van der Waals surface area (Å²) in [5.41, 5.74) is 2.95. The standard InChI is InChI=1S/C18H28O/c1-13(19)16-7-5-6-8-17(16)14-9-11-15(12-10-14)18(2,3)4/h5-8,13-15,19H,9-12H2,1-4H3. The summed E-state index contributed by atoms with van der Waals surface area (Å²) in [5.74, 6) is 1.49. The summed E-state index contributed by atoms with van der Waals surface area (Å²) in [5, 5.41) is 9.92. The summed E-state index contributed by atoms with van der Waals surface area (Å²) in [6.45, 7) is 8.96. The molecule has 0 spiro atoms. The van der Waals surface area contributed by atoms with E-state index in [0.717, 1.165) is 11.5 Å². The first-order chi connectivity index (χ1) is 8.89. The number of hydrogen-bond donors (Lipinski definition) is 1. The van der Waals surface area contributed by atoms with E-state index < -0.39 is 0 Å². The van der Waals surface area contributed by atoms with Crippen LogP contribution in [0.5, 0.6) is 0 Å². The molecule has 0 saturated heterocycles. The predicted octanol–water partition coefficient (Wildman–Crippen LogP) is 5.06. The fraction of sp³-hybridized carbons (Fsp3) is 0.667. The second-order valence-corrected chi connectivity index (χ2v) is 7.22. The zero-order valence-corrected chi connectivity index (χ0v) is 12.8. The second kappa shape index (κ2) is 5.66. The third-order valence-electron chi connectivity index (χ3n) is 4.84. The van der Waals surface area contributed by atoms with Crippen LogP contribution < -0.4 is 0 Å². The lowest BCUT2D eigenvalue weighted by Crippen LogP contribution is -2.25. The Labute approximate surface area is 118 Å². The number of benzene rings is 1. The van der Waals surface area contributed by atoms with Gasteiger partial charge in [-0.3, -0.25) is 0 Å². The van der Waals surface area contributed by atoms with E-state index >= 15 is 0 Å². The summed E-state index contributed by atoms with van der Waals surface area (Å²) in [6.07, 6.45) is 4.83. The third kappa shape index (κ3) is 3.39. The molecule has 106 valence electrons. The molecule has 1 atom stereocenters. The molecule has 1 unspecified atom stereocenters. The van der Waals surface area contributed by atoms with Gasteiger partial charge >= 0.3 is 0 Å². The molecule has 1 nitrogen and oxygen atoms in total. The zero-order chi connectivity index (χ0) is 14.0. The average molecular weight is 260 g/mol. The minimum Gasteiger partial charge on any atom is -0.389 e. The molecule has 0 amide bonds. The van der Waals surface area contributed by atoms with Crippen molar-refractivity contribution in [3.8, 4) is 0 Å². The highest BCUT2D eigenvalue weighted by atomic mass is 16.3. The van der Waals surface area contributed by atoms with Crippen molar-refractivity contribution in [1.82, 2.24) is 0 Å². The van der Waals surface area contributed by atoms with Crippen molar-refractivity contribution in [2.24, 2.45) is 11.3 Å². The molecule has 0 radical (unpaired) electrons. The molecule has 0 heterocycles. The number of aliphatic hydroxyl groups excluding tert-OH is 1. The van der Waals surface area contributed by atoms with E-state index in [4.69, 9.17) is 0 Å². The van der Waals surface area contributed by atoms with Crippen LogP contribution in [0.2, 0.25) is 0 Å². The molecule has 1 aliphatic carbocycles. The third-order valence-corrected chi connectivity index (χ3v) is 4.84. The van der Waals surface area contributed by atoms with Crippen LogP contribution in [0.1, 0.15) is 76.5 Å². The van der Waals surface area contributed by atoms with Gasteiger partial charge in [0.1, 0.15) is 0 Å². The van der Waals surface area contributed by atoms with Gasteiger partial charge in [0.2, 0.25) is 0 Å². The molecule has 0 bridgehead atoms. The van der Waals surface area contributed by atoms with Gasteiger partial charge in [-0.15, -0.1) is 0 Å². The quantitative estimate of drug-likeness (QED) is 0.788. The first-order valence-corrected chi connectivity index (χ1v) is 7.66. The van der Waals surface area contributed by atoms with E-state index in [9.17, 15) is 5.11 Å². The molecule has 1 N–H and O–H groups in total. The minimum absolute atomic E-state index is 0.350. The predicted molar refractivity (Wildman–Crippen MR) is 81.2 cm³/mol. The van der Waals surface area contributed by atoms with Crippen LogP contribution >= 0.6 is 0 Å². The van der Waals surface area contributed by atoms with Crippen molar-refractivity contribution in [2.75, 3.05) is 0 Å². The van der Waals surface area contributed by atoms with Gasteiger partial charge in [0.25, 0.3) is 0 Å². The van der Waals surface area contributed by atoms with Crippen molar-refractivity contribution >= 4 is 0 Å². The molecule has 1 aliphatic rings. The van der Waals surface area contributed by atoms with Gasteiger partial charge in [0.15, 0.2) is 0 Å². The molecule has 0 aromatic heterocycles. The van der Waals surface area contributed by atoms with E-state index in [1.54, 1.807) is 0 Å². The molecule has 19 heavy (non-hydrogen) atoms. The van der Waals surface area contributed by atoms with Crippen molar-refractivity contribution in [1.29, 1.82) is 0 Å². The Morgan fingerprint density at radius 2 is 1.63 bits per heavy atom. The van der Waals surface area contributed by atoms with Gasteiger partial charge in [-0.2, -0.15) is 0 Å². The Bertz CT molecular complexity index is 406. The summed E-state index contributed by atoms with van der Waals surface area (Å²) >= 11 is 0. The first kappa shape index (κ1) is 14.6. The Hall–Kier alpha value is -0.820. The van der Waals surface area contributed by atoms with Gasteiger partial charge in [-0.25, -0.2) is 0 Å². The zero-order valence-electron chi connectivity index (χ0n) is 12.8. The van der Waals surface area contributed by atoms with E-state index in [2.05, 4.69) is 39.0 Å². The lowest BCUT2D eigenvalue weighted by molar-refractivity contribution is 0.166. The van der Waals surface area contributed by atoms with Crippen LogP contribution in [0.25, 0.3) is 0 Å². The summed E-state index contributed by atoms with van der Waals surface area (Å²) in [4.78, 5) is 0. The Balaban J connectivity index is 2.10. The van der Waals surface area contributed by atoms with Crippen molar-refractivity contribution in [2.45, 2.75) is 65.4 Å². The van der Waals surface area contributed by atoms with Crippen molar-refractivity contribution < 1.29 is 5.11 Å². The van der Waals surface area contributed by atoms with E-state index in [-0.39, 0.29) is 6.10 Å². The van der Waals surface area contributed by atoms with Crippen LogP contribution in [0.4, 0.5) is 0 Å². The van der Waals surface area contributed by atoms with Crippen molar-refractivity contribution in [3.05, 3.63) is 35.4 Å². The SMILES string of the molecule is CC(O)c1ccccc1C1CCC(C(C)(C)C)CC1. The number of hydrogen-bond acceptors (Lipinski definition) is 1. The van der Waals surface area contributed by atoms with Crippen LogP contribution in [-0.2, 0) is 0 Å². The van der Waals surface area contributed by atoms with E-state index in [1.165, 1.54) is 31.2 Å². The normalized spacial score (nSPS) is 26.2. The van der Waals surface area contributed by atoms with Crippen LogP contribution in [0.3, 0.4) is 0 Å². The lowest BCUT2D eigenvalue weighted by atomic mass is 9.68. The van der Waals surface area contributed by atoms with Crippen molar-refractivity contribution in [3.63, 3.8) is 0 Å². The fourth-order valence-electron chi connectivity index (χ4n) is 3.53. The Kier molecular flexibility index (Phi) is 4.35. The smallest absolute Gasteiger partial charge is 0.0764 e. The average Bonchev–Trinajstić information content (AvgIpc) is 2.38. The highest BCUT2D eigenvalue weighted by Gasteiger charge is 2.31. The highest BCUT2D eigenvalue weighted by Crippen LogP contribution is 2.44. The maximum Gasteiger partial charge on any atom is 0.0764 e. The monoisotopic (exact) mass is 260 g/mol. The van der Waals surface area contributed by atoms with E-state index in [1.807, 2.05) is 13.0 Å². The summed E-state index contributed by atoms with van der Waals surface area (Å²) in [7, 11) is 0. The number of rotatable bonds is 2.